The molecule has 144 valence electrons. The number of anilines is 1. The molecular formula is C18H10Cl2N6OS2. The fraction of sp³-hybridized carbons (Fsp3) is 0.0556. The molecule has 29 heavy (non-hydrogen) atoms. The van der Waals surface area contributed by atoms with Crippen LogP contribution in [-0.2, 0) is 0 Å². The number of thiazole rings is 1. The summed E-state index contributed by atoms with van der Waals surface area (Å²) >= 11 is 15.3. The summed E-state index contributed by atoms with van der Waals surface area (Å²) in [6.45, 7) is -0.154. The van der Waals surface area contributed by atoms with Gasteiger partial charge in [0.1, 0.15) is 11.8 Å². The van der Waals surface area contributed by atoms with E-state index < -0.39 is 0 Å². The molecule has 2 heterocycles. The van der Waals surface area contributed by atoms with Crippen LogP contribution in [0.5, 0.6) is 5.75 Å². The normalized spacial score (nSPS) is 10.8. The number of para-hydroxylation sites is 1. The largest absolute Gasteiger partial charge is 0.477 e. The van der Waals surface area contributed by atoms with E-state index in [4.69, 9.17) is 38.9 Å². The summed E-state index contributed by atoms with van der Waals surface area (Å²) < 4.78 is 7.17. The number of nitrogens with zero attached hydrogens (tertiary/aromatic N) is 5. The average Bonchev–Trinajstić information content (AvgIpc) is 3.09. The SMILES string of the molecule is N#CCOc1cc(-c2nc(N)nc(Sc3nc4ccccc4s3)n2)c(Cl)cc1Cl. The van der Waals surface area contributed by atoms with E-state index in [-0.39, 0.29) is 23.4 Å². The van der Waals surface area contributed by atoms with E-state index in [0.717, 1.165) is 14.6 Å². The summed E-state index contributed by atoms with van der Waals surface area (Å²) in [5.41, 5.74) is 7.25. The zero-order valence-electron chi connectivity index (χ0n) is 14.5. The van der Waals surface area contributed by atoms with Gasteiger partial charge in [0, 0.05) is 5.56 Å². The maximum Gasteiger partial charge on any atom is 0.224 e. The highest BCUT2D eigenvalue weighted by Crippen LogP contribution is 2.37. The predicted molar refractivity (Wildman–Crippen MR) is 115 cm³/mol. The fourth-order valence-electron chi connectivity index (χ4n) is 2.43. The molecule has 0 unspecified atom stereocenters. The first kappa shape index (κ1) is 19.7. The highest BCUT2D eigenvalue weighted by atomic mass is 35.5. The quantitative estimate of drug-likeness (QED) is 0.438. The van der Waals surface area contributed by atoms with Crippen LogP contribution in [-0.4, -0.2) is 26.5 Å². The zero-order chi connectivity index (χ0) is 20.4. The third kappa shape index (κ3) is 4.36. The minimum atomic E-state index is -0.154. The van der Waals surface area contributed by atoms with Gasteiger partial charge in [0.05, 0.1) is 20.3 Å². The predicted octanol–water partition coefficient (Wildman–Crippen LogP) is 5.09. The Morgan fingerprint density at radius 3 is 2.72 bits per heavy atom. The van der Waals surface area contributed by atoms with Crippen LogP contribution in [0.25, 0.3) is 21.6 Å². The van der Waals surface area contributed by atoms with E-state index in [9.17, 15) is 0 Å². The molecule has 0 atom stereocenters. The molecule has 0 bridgehead atoms. The molecule has 0 saturated heterocycles. The van der Waals surface area contributed by atoms with Crippen LogP contribution >= 0.6 is 46.3 Å². The smallest absolute Gasteiger partial charge is 0.224 e. The van der Waals surface area contributed by atoms with Gasteiger partial charge in [-0.2, -0.15) is 15.2 Å². The Bertz CT molecular complexity index is 1220. The molecule has 2 N–H and O–H groups in total. The number of hydrogen-bond donors (Lipinski definition) is 1. The topological polar surface area (TPSA) is 111 Å². The molecule has 0 aliphatic rings. The van der Waals surface area contributed by atoms with Gasteiger partial charge in [-0.3, -0.25) is 0 Å². The molecular weight excluding hydrogens is 451 g/mol. The first-order valence-corrected chi connectivity index (χ1v) is 10.5. The first-order chi connectivity index (χ1) is 14.0. The number of rotatable bonds is 5. The zero-order valence-corrected chi connectivity index (χ0v) is 17.6. The molecule has 0 radical (unpaired) electrons. The van der Waals surface area contributed by atoms with E-state index in [0.29, 0.717) is 21.5 Å². The molecule has 0 spiro atoms. The van der Waals surface area contributed by atoms with Crippen molar-refractivity contribution >= 4 is 62.5 Å². The Kier molecular flexibility index (Phi) is 5.69. The van der Waals surface area contributed by atoms with Gasteiger partial charge in [-0.1, -0.05) is 35.3 Å². The van der Waals surface area contributed by atoms with Gasteiger partial charge in [-0.15, -0.1) is 11.3 Å². The summed E-state index contributed by atoms with van der Waals surface area (Å²) in [4.78, 5) is 17.4. The van der Waals surface area contributed by atoms with Crippen molar-refractivity contribution in [1.82, 2.24) is 19.9 Å². The van der Waals surface area contributed by atoms with Crippen LogP contribution in [0.1, 0.15) is 0 Å². The number of fused-ring (bicyclic) bond motifs is 1. The molecule has 7 nitrogen and oxygen atoms in total. The third-order valence-corrected chi connectivity index (χ3v) is 6.21. The van der Waals surface area contributed by atoms with Crippen LogP contribution in [0.2, 0.25) is 10.0 Å². The minimum absolute atomic E-state index is 0.0455. The van der Waals surface area contributed by atoms with Crippen LogP contribution < -0.4 is 10.5 Å². The summed E-state index contributed by atoms with van der Waals surface area (Å²) in [6, 6.07) is 12.8. The van der Waals surface area contributed by atoms with Crippen LogP contribution in [0, 0.1) is 11.3 Å². The molecule has 0 amide bonds. The van der Waals surface area contributed by atoms with Crippen molar-refractivity contribution in [3.63, 3.8) is 0 Å². The van der Waals surface area contributed by atoms with Gasteiger partial charge in [-0.05, 0) is 36.0 Å². The minimum Gasteiger partial charge on any atom is -0.477 e. The molecule has 0 aliphatic heterocycles. The van der Waals surface area contributed by atoms with Crippen molar-refractivity contribution < 1.29 is 4.74 Å². The van der Waals surface area contributed by atoms with E-state index >= 15 is 0 Å². The molecule has 0 fully saturated rings. The third-order valence-electron chi connectivity index (χ3n) is 3.64. The first-order valence-electron chi connectivity index (χ1n) is 8.07. The number of nitrogens with two attached hydrogens (primary N) is 1. The van der Waals surface area contributed by atoms with Crippen LogP contribution in [0.15, 0.2) is 45.9 Å². The molecule has 4 rings (SSSR count). The summed E-state index contributed by atoms with van der Waals surface area (Å²) in [6.07, 6.45) is 0. The highest BCUT2D eigenvalue weighted by Gasteiger charge is 2.16. The van der Waals surface area contributed by atoms with Gasteiger partial charge in [0.15, 0.2) is 21.9 Å². The Labute approximate surface area is 183 Å². The fourth-order valence-corrected chi connectivity index (χ4v) is 4.88. The molecule has 2 aromatic heterocycles. The lowest BCUT2D eigenvalue weighted by atomic mass is 10.2. The van der Waals surface area contributed by atoms with E-state index in [1.807, 2.05) is 30.3 Å². The van der Waals surface area contributed by atoms with Crippen LogP contribution in [0.3, 0.4) is 0 Å². The monoisotopic (exact) mass is 460 g/mol. The highest BCUT2D eigenvalue weighted by molar-refractivity contribution is 8.01. The van der Waals surface area contributed by atoms with E-state index in [2.05, 4.69) is 19.9 Å². The number of aromatic nitrogens is 4. The molecule has 0 saturated carbocycles. The van der Waals surface area contributed by atoms with Crippen molar-refractivity contribution in [1.29, 1.82) is 5.26 Å². The number of ether oxygens (including phenoxy) is 1. The van der Waals surface area contributed by atoms with Crippen molar-refractivity contribution in [2.75, 3.05) is 12.3 Å². The van der Waals surface area contributed by atoms with E-state index in [1.54, 1.807) is 6.07 Å². The summed E-state index contributed by atoms with van der Waals surface area (Å²) in [7, 11) is 0. The Morgan fingerprint density at radius 1 is 1.10 bits per heavy atom. The molecule has 4 aromatic rings. The van der Waals surface area contributed by atoms with Crippen molar-refractivity contribution in [3.05, 3.63) is 46.4 Å². The summed E-state index contributed by atoms with van der Waals surface area (Å²) in [5, 5.41) is 9.71. The number of halogens is 2. The lowest BCUT2D eigenvalue weighted by Crippen LogP contribution is -2.02. The van der Waals surface area contributed by atoms with Gasteiger partial charge < -0.3 is 10.5 Å². The van der Waals surface area contributed by atoms with Crippen molar-refractivity contribution in [2.45, 2.75) is 9.50 Å². The maximum atomic E-state index is 8.72. The number of nitriles is 1. The lowest BCUT2D eigenvalue weighted by Gasteiger charge is -2.10. The van der Waals surface area contributed by atoms with Gasteiger partial charge in [0.25, 0.3) is 0 Å². The maximum absolute atomic E-state index is 8.72. The standard InChI is InChI=1S/C18H10Cl2N6OS2/c19-10-8-11(20)13(27-6-5-21)7-9(10)15-24-16(22)26-17(25-15)29-18-23-12-3-1-2-4-14(12)28-18/h1-4,7-8H,6H2,(H2,22,24,25,26). The van der Waals surface area contributed by atoms with Gasteiger partial charge in [0.2, 0.25) is 5.95 Å². The Balaban J connectivity index is 1.70. The van der Waals surface area contributed by atoms with Gasteiger partial charge in [-0.25, -0.2) is 9.97 Å². The molecule has 11 heteroatoms. The number of nitrogen functional groups attached to an aromatic ring is 1. The Morgan fingerprint density at radius 2 is 1.93 bits per heavy atom. The second-order valence-electron chi connectivity index (χ2n) is 5.56. The molecule has 2 aromatic carbocycles. The second-order valence-corrected chi connectivity index (χ2v) is 8.62. The average molecular weight is 461 g/mol. The summed E-state index contributed by atoms with van der Waals surface area (Å²) in [5.74, 6) is 0.612. The van der Waals surface area contributed by atoms with E-state index in [1.165, 1.54) is 29.2 Å². The van der Waals surface area contributed by atoms with Crippen molar-refractivity contribution in [3.8, 4) is 23.2 Å². The number of benzene rings is 2. The number of hydrogen-bond acceptors (Lipinski definition) is 9. The van der Waals surface area contributed by atoms with Gasteiger partial charge >= 0.3 is 0 Å². The van der Waals surface area contributed by atoms with Crippen LogP contribution in [0.4, 0.5) is 5.95 Å². The second kappa shape index (κ2) is 8.39. The lowest BCUT2D eigenvalue weighted by molar-refractivity contribution is 0.368. The molecule has 0 aliphatic carbocycles. The van der Waals surface area contributed by atoms with Crippen molar-refractivity contribution in [2.24, 2.45) is 0 Å². The Hall–Kier alpha value is -2.64.